The maximum atomic E-state index is 11.6. The molecule has 1 rings (SSSR count). The molecule has 0 amide bonds. The number of carbonyl (C=O) groups is 2. The van der Waals surface area contributed by atoms with Gasteiger partial charge in [0.1, 0.15) is 5.41 Å². The van der Waals surface area contributed by atoms with Crippen LogP contribution in [0.4, 0.5) is 0 Å². The summed E-state index contributed by atoms with van der Waals surface area (Å²) in [6, 6.07) is 0. The van der Waals surface area contributed by atoms with E-state index in [4.69, 9.17) is 0 Å². The normalized spacial score (nSPS) is 33.9. The second kappa shape index (κ2) is 3.60. The van der Waals surface area contributed by atoms with Crippen LogP contribution in [-0.2, 0) is 19.1 Å². The maximum absolute atomic E-state index is 11.6. The smallest absolute Gasteiger partial charge is 0.336 e. The Morgan fingerprint density at radius 2 is 1.67 bits per heavy atom. The third-order valence-corrected chi connectivity index (χ3v) is 2.95. The number of methoxy groups -OCH3 is 2. The van der Waals surface area contributed by atoms with Gasteiger partial charge >= 0.3 is 11.9 Å². The van der Waals surface area contributed by atoms with E-state index in [1.807, 2.05) is 0 Å². The Hall–Kier alpha value is -1.46. The first-order chi connectivity index (χ1) is 6.92. The molecule has 0 aromatic rings. The van der Waals surface area contributed by atoms with E-state index in [2.05, 4.69) is 19.7 Å². The van der Waals surface area contributed by atoms with Gasteiger partial charge in [0.25, 0.3) is 0 Å². The topological polar surface area (TPSA) is 77.3 Å². The summed E-state index contributed by atoms with van der Waals surface area (Å²) in [5.41, 5.74) is -2.39. The van der Waals surface area contributed by atoms with Crippen molar-refractivity contribution in [2.24, 2.45) is 15.6 Å². The Morgan fingerprint density at radius 3 is 2.13 bits per heavy atom. The fraction of sp³-hybridized carbons (Fsp3) is 0.778. The zero-order valence-electron chi connectivity index (χ0n) is 9.23. The highest BCUT2D eigenvalue weighted by molar-refractivity contribution is 5.91. The Labute approximate surface area is 87.6 Å². The molecular weight excluding hydrogens is 200 g/mol. The van der Waals surface area contributed by atoms with Crippen molar-refractivity contribution in [3.8, 4) is 0 Å². The molecule has 6 heteroatoms. The van der Waals surface area contributed by atoms with Crippen molar-refractivity contribution in [2.45, 2.75) is 19.4 Å². The van der Waals surface area contributed by atoms with Crippen molar-refractivity contribution in [3.05, 3.63) is 0 Å². The number of carbonyl (C=O) groups excluding carboxylic acids is 2. The van der Waals surface area contributed by atoms with E-state index < -0.39 is 22.9 Å². The first kappa shape index (κ1) is 11.6. The minimum atomic E-state index is -1.30. The van der Waals surface area contributed by atoms with Gasteiger partial charge in [-0.15, -0.1) is 0 Å². The lowest BCUT2D eigenvalue weighted by atomic mass is 9.73. The molecule has 0 unspecified atom stereocenters. The van der Waals surface area contributed by atoms with Gasteiger partial charge in [-0.3, -0.25) is 4.79 Å². The van der Waals surface area contributed by atoms with Crippen LogP contribution >= 0.6 is 0 Å². The van der Waals surface area contributed by atoms with Crippen molar-refractivity contribution >= 4 is 11.9 Å². The predicted molar refractivity (Wildman–Crippen MR) is 50.3 cm³/mol. The summed E-state index contributed by atoms with van der Waals surface area (Å²) in [7, 11) is 2.52. The number of hydrogen-bond donors (Lipinski definition) is 0. The zero-order valence-corrected chi connectivity index (χ0v) is 9.23. The summed E-state index contributed by atoms with van der Waals surface area (Å²) in [6.45, 7) is 3.24. The lowest BCUT2D eigenvalue weighted by molar-refractivity contribution is -0.164. The molecule has 0 spiro atoms. The maximum Gasteiger partial charge on any atom is 0.336 e. The van der Waals surface area contributed by atoms with E-state index in [9.17, 15) is 9.59 Å². The fourth-order valence-corrected chi connectivity index (χ4v) is 1.54. The summed E-state index contributed by atoms with van der Waals surface area (Å²) in [5, 5.41) is 7.56. The van der Waals surface area contributed by atoms with Crippen LogP contribution < -0.4 is 0 Å². The third-order valence-electron chi connectivity index (χ3n) is 2.95. The van der Waals surface area contributed by atoms with Crippen LogP contribution in [0.15, 0.2) is 10.2 Å². The van der Waals surface area contributed by atoms with E-state index in [0.717, 1.165) is 0 Å². The molecule has 0 saturated heterocycles. The molecular formula is C9H14N2O4. The molecule has 0 saturated carbocycles. The Morgan fingerprint density at radius 1 is 1.13 bits per heavy atom. The van der Waals surface area contributed by atoms with Crippen molar-refractivity contribution < 1.29 is 19.1 Å². The Kier molecular flexibility index (Phi) is 2.79. The highest BCUT2D eigenvalue weighted by Gasteiger charge is 2.60. The summed E-state index contributed by atoms with van der Waals surface area (Å²) in [4.78, 5) is 23.2. The molecule has 84 valence electrons. The van der Waals surface area contributed by atoms with E-state index in [-0.39, 0.29) is 6.54 Å². The largest absolute Gasteiger partial charge is 0.468 e. The van der Waals surface area contributed by atoms with Gasteiger partial charge in [0, 0.05) is 0 Å². The first-order valence-corrected chi connectivity index (χ1v) is 4.48. The van der Waals surface area contributed by atoms with Crippen LogP contribution in [0.5, 0.6) is 0 Å². The minimum absolute atomic E-state index is 0.130. The number of esters is 2. The van der Waals surface area contributed by atoms with Crippen LogP contribution in [0, 0.1) is 5.41 Å². The van der Waals surface area contributed by atoms with Gasteiger partial charge in [0.15, 0.2) is 5.54 Å². The predicted octanol–water partition coefficient (Wildman–Crippen LogP) is 0.563. The van der Waals surface area contributed by atoms with Gasteiger partial charge in [-0.2, -0.15) is 10.2 Å². The number of nitrogens with zero attached hydrogens (tertiary/aromatic N) is 2. The molecule has 1 aliphatic heterocycles. The third kappa shape index (κ3) is 1.40. The number of hydrogen-bond acceptors (Lipinski definition) is 6. The second-order valence-electron chi connectivity index (χ2n) is 3.79. The Bertz CT molecular complexity index is 328. The first-order valence-electron chi connectivity index (χ1n) is 4.48. The summed E-state index contributed by atoms with van der Waals surface area (Å²) in [6.07, 6.45) is 0. The standard InChI is InChI=1S/C9H14N2O4/c1-8(6(12)14-3)5-10-11-9(8,2)7(13)15-4/h5H2,1-4H3/t8-,9-/m1/s1. The molecule has 0 radical (unpaired) electrons. The average molecular weight is 214 g/mol. The van der Waals surface area contributed by atoms with Gasteiger partial charge in [-0.05, 0) is 13.8 Å². The summed E-state index contributed by atoms with van der Waals surface area (Å²) in [5.74, 6) is -1.10. The molecule has 0 aromatic heterocycles. The van der Waals surface area contributed by atoms with E-state index in [1.54, 1.807) is 6.92 Å². The van der Waals surface area contributed by atoms with E-state index in [0.29, 0.717) is 0 Å². The monoisotopic (exact) mass is 214 g/mol. The summed E-state index contributed by atoms with van der Waals surface area (Å²) < 4.78 is 9.29. The molecule has 1 heterocycles. The van der Waals surface area contributed by atoms with Gasteiger partial charge < -0.3 is 9.47 Å². The Balaban J connectivity index is 3.12. The molecule has 0 aromatic carbocycles. The number of ether oxygens (including phenoxy) is 2. The highest BCUT2D eigenvalue weighted by atomic mass is 16.5. The van der Waals surface area contributed by atoms with Crippen LogP contribution in [0.25, 0.3) is 0 Å². The van der Waals surface area contributed by atoms with Crippen molar-refractivity contribution in [1.29, 1.82) is 0 Å². The van der Waals surface area contributed by atoms with Crippen molar-refractivity contribution in [3.63, 3.8) is 0 Å². The van der Waals surface area contributed by atoms with Gasteiger partial charge in [0.2, 0.25) is 0 Å². The van der Waals surface area contributed by atoms with Crippen LogP contribution in [-0.4, -0.2) is 38.2 Å². The zero-order chi connectivity index (χ0) is 11.7. The molecule has 0 bridgehead atoms. The molecule has 0 fully saturated rings. The quantitative estimate of drug-likeness (QED) is 0.629. The lowest BCUT2D eigenvalue weighted by Gasteiger charge is -2.31. The van der Waals surface area contributed by atoms with Crippen LogP contribution in [0.2, 0.25) is 0 Å². The second-order valence-corrected chi connectivity index (χ2v) is 3.79. The van der Waals surface area contributed by atoms with Gasteiger partial charge in [-0.25, -0.2) is 4.79 Å². The SMILES string of the molecule is COC(=O)[C@@]1(C)CN=N[C@]1(C)C(=O)OC. The molecule has 1 aliphatic rings. The van der Waals surface area contributed by atoms with E-state index in [1.165, 1.54) is 21.1 Å². The molecule has 15 heavy (non-hydrogen) atoms. The lowest BCUT2D eigenvalue weighted by Crippen LogP contribution is -2.53. The molecule has 0 N–H and O–H groups in total. The van der Waals surface area contributed by atoms with Crippen molar-refractivity contribution in [1.82, 2.24) is 0 Å². The number of rotatable bonds is 2. The molecule has 0 aliphatic carbocycles. The summed E-state index contributed by atoms with van der Waals surface area (Å²) >= 11 is 0. The highest BCUT2D eigenvalue weighted by Crippen LogP contribution is 2.41. The van der Waals surface area contributed by atoms with Crippen LogP contribution in [0.3, 0.4) is 0 Å². The van der Waals surface area contributed by atoms with Gasteiger partial charge in [0.05, 0.1) is 20.8 Å². The van der Waals surface area contributed by atoms with Gasteiger partial charge in [-0.1, -0.05) is 0 Å². The minimum Gasteiger partial charge on any atom is -0.468 e. The average Bonchev–Trinajstić information content (AvgIpc) is 2.55. The molecule has 6 nitrogen and oxygen atoms in total. The number of azo groups is 1. The fourth-order valence-electron chi connectivity index (χ4n) is 1.54. The van der Waals surface area contributed by atoms with Crippen molar-refractivity contribution in [2.75, 3.05) is 20.8 Å². The molecule has 2 atom stereocenters. The van der Waals surface area contributed by atoms with Crippen LogP contribution in [0.1, 0.15) is 13.8 Å². The van der Waals surface area contributed by atoms with E-state index >= 15 is 0 Å².